The largest absolute Gasteiger partial charge is 0.495 e. The number of methoxy groups -OCH3 is 2. The van der Waals surface area contributed by atoms with E-state index in [1.807, 2.05) is 12.1 Å². The summed E-state index contributed by atoms with van der Waals surface area (Å²) in [5, 5.41) is 0. The summed E-state index contributed by atoms with van der Waals surface area (Å²) in [6.45, 7) is 2.29. The Morgan fingerprint density at radius 1 is 1.26 bits per heavy atom. The molecule has 1 aromatic rings. The van der Waals surface area contributed by atoms with Gasteiger partial charge in [0.1, 0.15) is 16.0 Å². The van der Waals surface area contributed by atoms with E-state index in [0.717, 1.165) is 21.5 Å². The lowest BCUT2D eigenvalue weighted by Gasteiger charge is -2.26. The summed E-state index contributed by atoms with van der Waals surface area (Å²) in [5.41, 5.74) is 7.55. The van der Waals surface area contributed by atoms with Gasteiger partial charge in [-0.3, -0.25) is 0 Å². The maximum Gasteiger partial charge on any atom is 0.141 e. The van der Waals surface area contributed by atoms with Crippen LogP contribution in [0.2, 0.25) is 0 Å². The highest BCUT2D eigenvalue weighted by atomic mass is 79.9. The zero-order valence-electron chi connectivity index (χ0n) is 11.8. The number of nitrogens with two attached hydrogens (primary N) is 1. The van der Waals surface area contributed by atoms with E-state index in [0.29, 0.717) is 11.8 Å². The summed E-state index contributed by atoms with van der Waals surface area (Å²) in [4.78, 5) is 0. The smallest absolute Gasteiger partial charge is 0.141 e. The molecule has 1 saturated carbocycles. The summed E-state index contributed by atoms with van der Waals surface area (Å²) in [7, 11) is 3.33. The Morgan fingerprint density at radius 3 is 2.53 bits per heavy atom. The van der Waals surface area contributed by atoms with Crippen molar-refractivity contribution >= 4 is 15.9 Å². The van der Waals surface area contributed by atoms with Gasteiger partial charge in [0.25, 0.3) is 0 Å². The van der Waals surface area contributed by atoms with Crippen molar-refractivity contribution in [1.82, 2.24) is 0 Å². The van der Waals surface area contributed by atoms with E-state index in [1.54, 1.807) is 14.2 Å². The summed E-state index contributed by atoms with van der Waals surface area (Å²) in [5.74, 6) is 2.79. The monoisotopic (exact) mass is 327 g/mol. The fourth-order valence-corrected chi connectivity index (χ4v) is 3.80. The summed E-state index contributed by atoms with van der Waals surface area (Å²) >= 11 is 3.54. The third-order valence-electron chi connectivity index (χ3n) is 4.26. The molecule has 0 saturated heterocycles. The molecule has 1 aliphatic rings. The first-order chi connectivity index (χ1) is 9.10. The Morgan fingerprint density at radius 2 is 2.00 bits per heavy atom. The third-order valence-corrected chi connectivity index (χ3v) is 5.02. The van der Waals surface area contributed by atoms with Crippen LogP contribution in [0.5, 0.6) is 11.5 Å². The molecule has 0 heterocycles. The first kappa shape index (κ1) is 14.7. The predicted molar refractivity (Wildman–Crippen MR) is 80.7 cm³/mol. The van der Waals surface area contributed by atoms with E-state index in [4.69, 9.17) is 15.2 Å². The minimum Gasteiger partial charge on any atom is -0.495 e. The number of hydrogen-bond acceptors (Lipinski definition) is 3. The van der Waals surface area contributed by atoms with Crippen molar-refractivity contribution in [3.63, 3.8) is 0 Å². The van der Waals surface area contributed by atoms with Crippen LogP contribution in [0.1, 0.15) is 37.8 Å². The van der Waals surface area contributed by atoms with Gasteiger partial charge in [0.05, 0.1) is 14.2 Å². The number of ether oxygens (including phenoxy) is 2. The Balaban J connectivity index is 2.36. The molecule has 3 atom stereocenters. The zero-order chi connectivity index (χ0) is 14.0. The Bertz CT molecular complexity index is 450. The van der Waals surface area contributed by atoms with Gasteiger partial charge in [-0.15, -0.1) is 0 Å². The Labute approximate surface area is 123 Å². The molecule has 0 spiro atoms. The van der Waals surface area contributed by atoms with E-state index in [9.17, 15) is 0 Å². The van der Waals surface area contributed by atoms with E-state index < -0.39 is 0 Å². The molecular formula is C15H22BrNO2. The number of hydrogen-bond donors (Lipinski definition) is 1. The van der Waals surface area contributed by atoms with Crippen LogP contribution in [0.15, 0.2) is 16.6 Å². The third kappa shape index (κ3) is 2.75. The van der Waals surface area contributed by atoms with Gasteiger partial charge in [-0.2, -0.15) is 0 Å². The SMILES string of the molecule is COc1ccc(C(N)C2CCCC2C)c(OC)c1Br. The maximum absolute atomic E-state index is 6.49. The highest BCUT2D eigenvalue weighted by Gasteiger charge is 2.31. The van der Waals surface area contributed by atoms with Crippen LogP contribution in [0, 0.1) is 11.8 Å². The maximum atomic E-state index is 6.49. The number of halogens is 1. The van der Waals surface area contributed by atoms with Gasteiger partial charge in [-0.05, 0) is 46.3 Å². The first-order valence-corrected chi connectivity index (χ1v) is 7.55. The highest BCUT2D eigenvalue weighted by Crippen LogP contribution is 2.45. The van der Waals surface area contributed by atoms with Crippen LogP contribution < -0.4 is 15.2 Å². The van der Waals surface area contributed by atoms with E-state index in [2.05, 4.69) is 22.9 Å². The molecule has 0 bridgehead atoms. The molecule has 0 aromatic heterocycles. The molecule has 3 unspecified atom stereocenters. The average molecular weight is 328 g/mol. The second kappa shape index (κ2) is 6.14. The van der Waals surface area contributed by atoms with Crippen molar-refractivity contribution < 1.29 is 9.47 Å². The highest BCUT2D eigenvalue weighted by molar-refractivity contribution is 9.10. The molecule has 106 valence electrons. The van der Waals surface area contributed by atoms with Gasteiger partial charge in [-0.25, -0.2) is 0 Å². The van der Waals surface area contributed by atoms with Gasteiger partial charge in [0.15, 0.2) is 0 Å². The Kier molecular flexibility index (Phi) is 4.74. The second-order valence-corrected chi connectivity index (χ2v) is 6.10. The van der Waals surface area contributed by atoms with Gasteiger partial charge in [-0.1, -0.05) is 19.8 Å². The molecule has 1 aliphatic carbocycles. The van der Waals surface area contributed by atoms with Gasteiger partial charge in [0, 0.05) is 11.6 Å². The first-order valence-electron chi connectivity index (χ1n) is 6.76. The minimum atomic E-state index is 0.0228. The van der Waals surface area contributed by atoms with E-state index in [1.165, 1.54) is 19.3 Å². The topological polar surface area (TPSA) is 44.5 Å². The fraction of sp³-hybridized carbons (Fsp3) is 0.600. The van der Waals surface area contributed by atoms with Crippen molar-refractivity contribution in [1.29, 1.82) is 0 Å². The molecule has 4 heteroatoms. The lowest BCUT2D eigenvalue weighted by molar-refractivity contribution is 0.333. The molecule has 0 amide bonds. The molecule has 2 rings (SSSR count). The number of benzene rings is 1. The van der Waals surface area contributed by atoms with Crippen molar-refractivity contribution in [2.75, 3.05) is 14.2 Å². The van der Waals surface area contributed by atoms with E-state index >= 15 is 0 Å². The van der Waals surface area contributed by atoms with Gasteiger partial charge < -0.3 is 15.2 Å². The van der Waals surface area contributed by atoms with Crippen LogP contribution in [0.4, 0.5) is 0 Å². The normalized spacial score (nSPS) is 24.3. The molecule has 19 heavy (non-hydrogen) atoms. The van der Waals surface area contributed by atoms with Gasteiger partial charge in [0.2, 0.25) is 0 Å². The predicted octanol–water partition coefficient (Wildman–Crippen LogP) is 3.90. The number of rotatable bonds is 4. The molecule has 2 N–H and O–H groups in total. The molecule has 0 aliphatic heterocycles. The minimum absolute atomic E-state index is 0.0228. The van der Waals surface area contributed by atoms with E-state index in [-0.39, 0.29) is 6.04 Å². The molecular weight excluding hydrogens is 306 g/mol. The average Bonchev–Trinajstić information content (AvgIpc) is 2.83. The van der Waals surface area contributed by atoms with Crippen LogP contribution in [-0.2, 0) is 0 Å². The van der Waals surface area contributed by atoms with Crippen molar-refractivity contribution in [2.24, 2.45) is 17.6 Å². The van der Waals surface area contributed by atoms with Crippen molar-refractivity contribution in [2.45, 2.75) is 32.2 Å². The van der Waals surface area contributed by atoms with Crippen LogP contribution in [0.3, 0.4) is 0 Å². The molecule has 3 nitrogen and oxygen atoms in total. The van der Waals surface area contributed by atoms with Crippen LogP contribution in [-0.4, -0.2) is 14.2 Å². The van der Waals surface area contributed by atoms with Gasteiger partial charge >= 0.3 is 0 Å². The summed E-state index contributed by atoms with van der Waals surface area (Å²) in [6, 6.07) is 3.99. The van der Waals surface area contributed by atoms with Crippen LogP contribution in [0.25, 0.3) is 0 Å². The molecule has 1 aromatic carbocycles. The lowest BCUT2D eigenvalue weighted by atomic mass is 9.86. The van der Waals surface area contributed by atoms with Crippen molar-refractivity contribution in [3.8, 4) is 11.5 Å². The summed E-state index contributed by atoms with van der Waals surface area (Å²) in [6.07, 6.45) is 3.76. The summed E-state index contributed by atoms with van der Waals surface area (Å²) < 4.78 is 11.7. The molecule has 1 fully saturated rings. The fourth-order valence-electron chi connectivity index (χ4n) is 3.12. The quantitative estimate of drug-likeness (QED) is 0.912. The molecule has 0 radical (unpaired) electrons. The van der Waals surface area contributed by atoms with Crippen molar-refractivity contribution in [3.05, 3.63) is 22.2 Å². The lowest BCUT2D eigenvalue weighted by Crippen LogP contribution is -2.24. The zero-order valence-corrected chi connectivity index (χ0v) is 13.4. The Hall–Kier alpha value is -0.740. The van der Waals surface area contributed by atoms with Crippen LogP contribution >= 0.6 is 15.9 Å². The standard InChI is InChI=1S/C15H22BrNO2/c1-9-5-4-6-10(9)14(17)11-7-8-12(18-2)13(16)15(11)19-3/h7-10,14H,4-6,17H2,1-3H3. The second-order valence-electron chi connectivity index (χ2n) is 5.30.